The number of rotatable bonds is 2. The van der Waals surface area contributed by atoms with Crippen LogP contribution < -0.4 is 0 Å². The Hall–Kier alpha value is -0.610. The van der Waals surface area contributed by atoms with Crippen molar-refractivity contribution >= 4 is 33.4 Å². The van der Waals surface area contributed by atoms with E-state index in [-0.39, 0.29) is 0 Å². The number of hydrogen-bond acceptors (Lipinski definition) is 4. The maximum Gasteiger partial charge on any atom is 0.152 e. The maximum absolute atomic E-state index is 4.42. The highest BCUT2D eigenvalue weighted by atomic mass is 32.2. The van der Waals surface area contributed by atoms with Crippen molar-refractivity contribution in [1.29, 1.82) is 0 Å². The normalized spacial score (nSPS) is 10.8. The topological polar surface area (TPSA) is 25.8 Å². The molecule has 0 N–H and O–H groups in total. The molecule has 0 radical (unpaired) electrons. The van der Waals surface area contributed by atoms with Gasteiger partial charge in [0.15, 0.2) is 4.34 Å². The van der Waals surface area contributed by atoms with E-state index in [2.05, 4.69) is 16.9 Å². The molecule has 0 amide bonds. The van der Waals surface area contributed by atoms with E-state index in [1.165, 1.54) is 0 Å². The van der Waals surface area contributed by atoms with Gasteiger partial charge in [0, 0.05) is 6.20 Å². The first-order valence-electron chi connectivity index (χ1n) is 3.74. The van der Waals surface area contributed by atoms with Crippen LogP contribution >= 0.6 is 23.1 Å². The number of fused-ring (bicyclic) bond motifs is 1. The van der Waals surface area contributed by atoms with Gasteiger partial charge in [-0.3, -0.25) is 0 Å². The van der Waals surface area contributed by atoms with Gasteiger partial charge in [-0.25, -0.2) is 9.97 Å². The summed E-state index contributed by atoms with van der Waals surface area (Å²) in [5, 5.41) is 0. The van der Waals surface area contributed by atoms with Crippen LogP contribution in [0.2, 0.25) is 0 Å². The molecule has 0 fully saturated rings. The molecular weight excluding hydrogens is 188 g/mol. The second-order valence-corrected chi connectivity index (χ2v) is 4.73. The van der Waals surface area contributed by atoms with Gasteiger partial charge in [0.25, 0.3) is 0 Å². The lowest BCUT2D eigenvalue weighted by Gasteiger charge is -1.84. The minimum atomic E-state index is 1.01. The van der Waals surface area contributed by atoms with Crippen LogP contribution in [-0.2, 0) is 0 Å². The molecular formula is C8H8N2S2. The molecule has 0 bridgehead atoms. The molecule has 2 aromatic rings. The zero-order chi connectivity index (χ0) is 8.39. The van der Waals surface area contributed by atoms with Crippen molar-refractivity contribution in [3.05, 3.63) is 18.3 Å². The zero-order valence-electron chi connectivity index (χ0n) is 6.65. The Morgan fingerprint density at radius 1 is 1.58 bits per heavy atom. The SMILES string of the molecule is CCSc1nc2cccnc2s1. The lowest BCUT2D eigenvalue weighted by molar-refractivity contribution is 1.29. The van der Waals surface area contributed by atoms with Crippen LogP contribution in [0.15, 0.2) is 22.7 Å². The van der Waals surface area contributed by atoms with E-state index in [4.69, 9.17) is 0 Å². The molecule has 0 aromatic carbocycles. The van der Waals surface area contributed by atoms with E-state index >= 15 is 0 Å². The van der Waals surface area contributed by atoms with E-state index in [0.717, 1.165) is 20.4 Å². The number of thioether (sulfide) groups is 1. The first-order chi connectivity index (χ1) is 5.90. The highest BCUT2D eigenvalue weighted by molar-refractivity contribution is 8.01. The predicted molar refractivity (Wildman–Crippen MR) is 53.8 cm³/mol. The van der Waals surface area contributed by atoms with Gasteiger partial charge in [-0.2, -0.15) is 0 Å². The lowest BCUT2D eigenvalue weighted by atomic mass is 10.5. The van der Waals surface area contributed by atoms with E-state index in [1.54, 1.807) is 29.3 Å². The minimum absolute atomic E-state index is 1.01. The van der Waals surface area contributed by atoms with Gasteiger partial charge < -0.3 is 0 Å². The summed E-state index contributed by atoms with van der Waals surface area (Å²) in [4.78, 5) is 9.68. The second kappa shape index (κ2) is 3.41. The fraction of sp³-hybridized carbons (Fsp3) is 0.250. The highest BCUT2D eigenvalue weighted by Gasteiger charge is 2.02. The number of pyridine rings is 1. The Bertz CT molecular complexity index is 350. The molecule has 4 heteroatoms. The Morgan fingerprint density at radius 3 is 3.25 bits per heavy atom. The van der Waals surface area contributed by atoms with E-state index in [1.807, 2.05) is 12.1 Å². The first kappa shape index (κ1) is 8.01. The molecule has 0 aliphatic heterocycles. The second-order valence-electron chi connectivity index (χ2n) is 2.24. The largest absolute Gasteiger partial charge is 0.244 e. The van der Waals surface area contributed by atoms with Gasteiger partial charge in [-0.1, -0.05) is 30.0 Å². The maximum atomic E-state index is 4.42. The molecule has 0 unspecified atom stereocenters. The molecule has 2 rings (SSSR count). The van der Waals surface area contributed by atoms with Crippen LogP contribution in [-0.4, -0.2) is 15.7 Å². The summed E-state index contributed by atoms with van der Waals surface area (Å²) in [6, 6.07) is 3.92. The fourth-order valence-corrected chi connectivity index (χ4v) is 2.81. The zero-order valence-corrected chi connectivity index (χ0v) is 8.28. The monoisotopic (exact) mass is 196 g/mol. The average molecular weight is 196 g/mol. The van der Waals surface area contributed by atoms with Crippen LogP contribution in [0.3, 0.4) is 0 Å². The summed E-state index contributed by atoms with van der Waals surface area (Å²) < 4.78 is 1.12. The van der Waals surface area contributed by atoms with Crippen molar-refractivity contribution < 1.29 is 0 Å². The van der Waals surface area contributed by atoms with E-state index in [9.17, 15) is 0 Å². The summed E-state index contributed by atoms with van der Waals surface area (Å²) >= 11 is 3.43. The Labute approximate surface area is 79.0 Å². The Kier molecular flexibility index (Phi) is 2.28. The molecule has 0 aliphatic rings. The van der Waals surface area contributed by atoms with Gasteiger partial charge in [-0.15, -0.1) is 0 Å². The summed E-state index contributed by atoms with van der Waals surface area (Å²) in [5.41, 5.74) is 1.01. The van der Waals surface area contributed by atoms with Gasteiger partial charge in [0.1, 0.15) is 10.3 Å². The van der Waals surface area contributed by atoms with Crippen LogP contribution in [0.4, 0.5) is 0 Å². The summed E-state index contributed by atoms with van der Waals surface area (Å²) in [5.74, 6) is 1.07. The standard InChI is InChI=1S/C8H8N2S2/c1-2-11-8-10-6-4-3-5-9-7(6)12-8/h3-5H,2H2,1H3. The van der Waals surface area contributed by atoms with Gasteiger partial charge in [0.05, 0.1) is 0 Å². The Balaban J connectivity index is 2.47. The van der Waals surface area contributed by atoms with Gasteiger partial charge in [0.2, 0.25) is 0 Å². The Morgan fingerprint density at radius 2 is 2.50 bits per heavy atom. The lowest BCUT2D eigenvalue weighted by Crippen LogP contribution is -1.70. The third-order valence-corrected chi connectivity index (χ3v) is 3.42. The molecule has 2 nitrogen and oxygen atoms in total. The van der Waals surface area contributed by atoms with Gasteiger partial charge >= 0.3 is 0 Å². The smallest absolute Gasteiger partial charge is 0.152 e. The molecule has 62 valence electrons. The quantitative estimate of drug-likeness (QED) is 0.691. The van der Waals surface area contributed by atoms with Crippen LogP contribution in [0, 0.1) is 0 Å². The minimum Gasteiger partial charge on any atom is -0.244 e. The van der Waals surface area contributed by atoms with Crippen LogP contribution in [0.5, 0.6) is 0 Å². The molecule has 0 saturated carbocycles. The summed E-state index contributed by atoms with van der Waals surface area (Å²) in [6.07, 6.45) is 1.81. The highest BCUT2D eigenvalue weighted by Crippen LogP contribution is 2.27. The molecule has 0 saturated heterocycles. The molecule has 0 spiro atoms. The van der Waals surface area contributed by atoms with Crippen molar-refractivity contribution in [2.45, 2.75) is 11.3 Å². The third kappa shape index (κ3) is 1.44. The van der Waals surface area contributed by atoms with E-state index < -0.39 is 0 Å². The van der Waals surface area contributed by atoms with Crippen molar-refractivity contribution in [1.82, 2.24) is 9.97 Å². The van der Waals surface area contributed by atoms with Crippen LogP contribution in [0.1, 0.15) is 6.92 Å². The first-order valence-corrected chi connectivity index (χ1v) is 5.54. The molecule has 2 aromatic heterocycles. The average Bonchev–Trinajstić information content (AvgIpc) is 2.47. The molecule has 12 heavy (non-hydrogen) atoms. The summed E-state index contributed by atoms with van der Waals surface area (Å²) in [7, 11) is 0. The fourth-order valence-electron chi connectivity index (χ4n) is 0.935. The number of hydrogen-bond donors (Lipinski definition) is 0. The van der Waals surface area contributed by atoms with Crippen molar-refractivity contribution in [3.63, 3.8) is 0 Å². The van der Waals surface area contributed by atoms with E-state index in [0.29, 0.717) is 0 Å². The molecule has 0 atom stereocenters. The van der Waals surface area contributed by atoms with Gasteiger partial charge in [-0.05, 0) is 17.9 Å². The van der Waals surface area contributed by atoms with Crippen molar-refractivity contribution in [2.75, 3.05) is 5.75 Å². The molecule has 0 aliphatic carbocycles. The predicted octanol–water partition coefficient (Wildman–Crippen LogP) is 2.80. The third-order valence-electron chi connectivity index (χ3n) is 1.41. The summed E-state index contributed by atoms with van der Waals surface area (Å²) in [6.45, 7) is 2.13. The van der Waals surface area contributed by atoms with Crippen molar-refractivity contribution in [2.24, 2.45) is 0 Å². The number of aromatic nitrogens is 2. The molecule has 2 heterocycles. The number of thiazole rings is 1. The number of nitrogens with zero attached hydrogens (tertiary/aromatic N) is 2. The van der Waals surface area contributed by atoms with Crippen LogP contribution in [0.25, 0.3) is 10.3 Å². The van der Waals surface area contributed by atoms with Crippen molar-refractivity contribution in [3.8, 4) is 0 Å².